The molecule has 0 radical (unpaired) electrons. The van der Waals surface area contributed by atoms with Crippen LogP contribution >= 0.6 is 11.6 Å². The van der Waals surface area contributed by atoms with Crippen molar-refractivity contribution < 1.29 is 113 Å². The number of nitrogens with zero attached hydrogens (tertiary/aromatic N) is 11. The highest BCUT2D eigenvalue weighted by Crippen LogP contribution is 2.37. The molecule has 0 saturated heterocycles. The molecule has 12 N–H and O–H groups in total. The van der Waals surface area contributed by atoms with Crippen LogP contribution in [0.25, 0.3) is 22.1 Å². The molecule has 4 unspecified atom stereocenters. The van der Waals surface area contributed by atoms with E-state index in [1.54, 1.807) is 190 Å². The number of hydrogen-bond acceptors (Lipinski definition) is 33. The number of nitrogens with two attached hydrogens (primary N) is 1. The van der Waals surface area contributed by atoms with Gasteiger partial charge in [0.2, 0.25) is 23.0 Å². The van der Waals surface area contributed by atoms with Gasteiger partial charge in [-0.3, -0.25) is 43.5 Å². The SMILES string of the molecule is CNC(=O)c1occc1Nc1cc(N(C)C(=O)OC(C)(C)C)n2ncc(C(=O)NC3CC[C@@H]3OC)c2c1.CNC(=O)c1occc1Nc1cc(NC)n2ncc(C(=O)NC3CC[C@@H]3OC)c2c1.COC(=O)c1occc1N.COC(=O)c1occc1Nc1cc(N(C)C(=O)OC(C)(C)C)n2ncc(C(=O)NC3CC[C@@H]3OC)c2c1.CO[C@H]1CCC1NC(=O)c1cnn2c(N(C)C(=O)OC(C)(C)C)cc(Cl)cc12. The number of methoxy groups -OCH3 is 6. The minimum atomic E-state index is -0.720. The number of ether oxygens (including phenoxy) is 9. The first kappa shape index (κ1) is 105. The molecule has 0 spiro atoms. The van der Waals surface area contributed by atoms with Gasteiger partial charge >= 0.3 is 30.2 Å². The van der Waals surface area contributed by atoms with Gasteiger partial charge in [0.25, 0.3) is 35.4 Å². The Kier molecular flexibility index (Phi) is 33.6. The molecule has 4 aliphatic rings. The van der Waals surface area contributed by atoms with Crippen LogP contribution in [0.15, 0.2) is 140 Å². The van der Waals surface area contributed by atoms with Crippen molar-refractivity contribution in [1.29, 1.82) is 0 Å². The maximum Gasteiger partial charge on any atom is 0.415 e. The second kappa shape index (κ2) is 45.2. The highest BCUT2D eigenvalue weighted by Gasteiger charge is 2.39. The van der Waals surface area contributed by atoms with Gasteiger partial charge in [0.05, 0.1) is 180 Å². The quantitative estimate of drug-likeness (QED) is 0.0177. The van der Waals surface area contributed by atoms with E-state index >= 15 is 0 Å². The fourth-order valence-electron chi connectivity index (χ4n) is 15.1. The lowest BCUT2D eigenvalue weighted by molar-refractivity contribution is 0.00732. The topological polar surface area (TPSA) is 549 Å². The van der Waals surface area contributed by atoms with Crippen LogP contribution < -0.4 is 73.6 Å². The summed E-state index contributed by atoms with van der Waals surface area (Å²) < 4.78 is 73.8. The lowest BCUT2D eigenvalue weighted by Crippen LogP contribution is -2.51. The summed E-state index contributed by atoms with van der Waals surface area (Å²) in [5.41, 5.74) is 9.95. The van der Waals surface area contributed by atoms with Crippen LogP contribution in [-0.4, -0.2) is 254 Å². The number of carbonyl (C=O) groups is 11. The van der Waals surface area contributed by atoms with Crippen molar-refractivity contribution in [3.05, 3.63) is 173 Å². The Morgan fingerprint density at radius 1 is 0.380 bits per heavy atom. The first-order valence-electron chi connectivity index (χ1n) is 45.1. The number of amides is 9. The molecule has 9 amide bonds. The lowest BCUT2D eigenvalue weighted by atomic mass is 9.89. The van der Waals surface area contributed by atoms with Crippen LogP contribution in [0, 0.1) is 0 Å². The number of fused-ring (bicyclic) bond motifs is 4. The van der Waals surface area contributed by atoms with Gasteiger partial charge in [-0.25, -0.2) is 42.0 Å². The highest BCUT2D eigenvalue weighted by molar-refractivity contribution is 6.31. The molecule has 12 heterocycles. The number of esters is 2. The second-order valence-electron chi connectivity index (χ2n) is 36.1. The van der Waals surface area contributed by atoms with E-state index in [0.717, 1.165) is 51.4 Å². The van der Waals surface area contributed by atoms with Crippen molar-refractivity contribution in [2.75, 3.05) is 127 Å². The normalized spacial score (nSPS) is 17.2. The summed E-state index contributed by atoms with van der Waals surface area (Å²) in [5, 5.41) is 47.4. The van der Waals surface area contributed by atoms with Crippen LogP contribution in [0.3, 0.4) is 0 Å². The minimum Gasteiger partial charge on any atom is -0.463 e. The van der Waals surface area contributed by atoms with Crippen LogP contribution in [0.5, 0.6) is 0 Å². The molecule has 4 fully saturated rings. The van der Waals surface area contributed by atoms with E-state index in [4.69, 9.17) is 72.9 Å². The van der Waals surface area contributed by atoms with Crippen LogP contribution in [-0.2, 0) is 42.6 Å². The predicted molar refractivity (Wildman–Crippen MR) is 523 cm³/mol. The summed E-state index contributed by atoms with van der Waals surface area (Å²) in [6, 6.07) is 19.7. The first-order chi connectivity index (χ1) is 67.4. The fourth-order valence-corrected chi connectivity index (χ4v) is 15.3. The van der Waals surface area contributed by atoms with Crippen molar-refractivity contribution >= 4 is 162 Å². The van der Waals surface area contributed by atoms with E-state index in [2.05, 4.69) is 78.3 Å². The van der Waals surface area contributed by atoms with Gasteiger partial charge in [0.15, 0.2) is 0 Å². The predicted octanol–water partition coefficient (Wildman–Crippen LogP) is 12.9. The van der Waals surface area contributed by atoms with E-state index in [1.807, 2.05) is 6.07 Å². The maximum atomic E-state index is 13.2. The van der Waals surface area contributed by atoms with Gasteiger partial charge in [-0.15, -0.1) is 0 Å². The average molecular weight is 1990 g/mol. The maximum absolute atomic E-state index is 13.2. The number of furan rings is 4. The Morgan fingerprint density at radius 3 is 0.965 bits per heavy atom. The van der Waals surface area contributed by atoms with Crippen molar-refractivity contribution in [2.45, 2.75) is 179 Å². The minimum absolute atomic E-state index is 0.00331. The second-order valence-corrected chi connectivity index (χ2v) is 36.5. The van der Waals surface area contributed by atoms with Gasteiger partial charge in [-0.1, -0.05) is 11.6 Å². The molecule has 8 atom stereocenters. The molecule has 46 nitrogen and oxygen atoms in total. The van der Waals surface area contributed by atoms with E-state index in [1.165, 1.54) is 106 Å². The number of pyridine rings is 4. The number of halogens is 1. The Balaban J connectivity index is 0.000000164. The molecular weight excluding hydrogens is 1870 g/mol. The standard InChI is InChI=1S/C25H32N6O6.C25H31N5O7.C20H24N6O4.C19H25ClN4O4.C6H7NO3/c1-25(2,3)37-24(34)30(5)20-12-14(28-17-9-10-36-21(17)23(33)26-4)11-18-15(13-27-31(18)20)22(32)29-16-7-8-19(16)35-6;1-25(2,3)37-24(33)29(4)20-12-14(27-17-9-10-36-21(17)23(32)35-6)11-18-15(13-26-30(18)20)22(31)28-16-7-8-19(16)34-5;1-21-17-9-11(24-14-6-7-30-18(14)20(28)22-2)8-15-12(10-23-26(15)17)19(27)25-13-4-5-16(13)29-3;1-19(2,3)28-18(26)23(4)16-9-11(20)8-14-12(10-21-24(14)16)17(25)22-13-6-7-15(13)27-5;1-9-6(8)5-4(7)2-3-10-5/h9-13,16,19,28H,7-8H2,1-6H3,(H,26,33)(H,29,32);9-13,16,19,27H,7-8H2,1-6H3,(H,28,31);6-10,13,16,21,24H,4-5H2,1-3H3,(H,22,28)(H,25,27);8-10,13,15H,6-7H2,1-5H3,(H,22,25);2-3H,7H2,1H3/t2*16?,19-;13?,16-;13?,15-;/m0000./s1. The molecule has 47 heteroatoms. The van der Waals surface area contributed by atoms with Crippen molar-refractivity contribution in [3.8, 4) is 0 Å². The molecule has 12 aromatic rings. The third kappa shape index (κ3) is 24.7. The van der Waals surface area contributed by atoms with Gasteiger partial charge in [0, 0.05) is 135 Å². The molecular formula is C95H119ClN22O24. The summed E-state index contributed by atoms with van der Waals surface area (Å²) in [7, 11) is 18.5. The zero-order valence-electron chi connectivity index (χ0n) is 82.5. The molecule has 0 bridgehead atoms. The average Bonchev–Trinajstić information content (AvgIpc) is 1.60. The van der Waals surface area contributed by atoms with Crippen molar-refractivity contribution in [1.82, 2.24) is 70.4 Å². The third-order valence-corrected chi connectivity index (χ3v) is 23.3. The van der Waals surface area contributed by atoms with Crippen molar-refractivity contribution in [3.63, 3.8) is 0 Å². The summed E-state index contributed by atoms with van der Waals surface area (Å²) in [5.74, 6) is -0.987. The largest absolute Gasteiger partial charge is 0.463 e. The van der Waals surface area contributed by atoms with Crippen LogP contribution in [0.2, 0.25) is 5.02 Å². The molecule has 0 aromatic carbocycles. The molecule has 760 valence electrons. The third-order valence-electron chi connectivity index (χ3n) is 23.1. The fraction of sp³-hybridized carbons (Fsp3) is 0.421. The number of anilines is 11. The zero-order chi connectivity index (χ0) is 103. The van der Waals surface area contributed by atoms with Gasteiger partial charge in [-0.05, 0) is 144 Å². The summed E-state index contributed by atoms with van der Waals surface area (Å²) in [6.45, 7) is 16.0. The first-order valence-corrected chi connectivity index (χ1v) is 45.5. The van der Waals surface area contributed by atoms with E-state index in [0.29, 0.717) is 112 Å². The van der Waals surface area contributed by atoms with Gasteiger partial charge < -0.3 is 119 Å². The number of nitrogen functional groups attached to an aromatic ring is 1. The molecule has 12 aromatic heterocycles. The summed E-state index contributed by atoms with van der Waals surface area (Å²) >= 11 is 6.26. The molecule has 16 rings (SSSR count). The van der Waals surface area contributed by atoms with E-state index in [9.17, 15) is 52.7 Å². The number of aromatic nitrogens is 8. The smallest absolute Gasteiger partial charge is 0.415 e. The monoisotopic (exact) mass is 1990 g/mol. The molecule has 142 heavy (non-hydrogen) atoms. The zero-order valence-corrected chi connectivity index (χ0v) is 83.3. The molecule has 4 saturated carbocycles. The highest BCUT2D eigenvalue weighted by atomic mass is 35.5. The Labute approximate surface area is 820 Å². The van der Waals surface area contributed by atoms with E-state index in [-0.39, 0.29) is 101 Å². The van der Waals surface area contributed by atoms with Gasteiger partial charge in [0.1, 0.15) is 40.1 Å². The number of carbonyl (C=O) groups excluding carboxylic acids is 11. The van der Waals surface area contributed by atoms with E-state index < -0.39 is 52.9 Å². The molecule has 0 aliphatic heterocycles. The number of nitrogens with one attached hydrogen (secondary N) is 10. The molecule has 4 aliphatic carbocycles. The summed E-state index contributed by atoms with van der Waals surface area (Å²) in [6.07, 6.45) is 16.7. The Hall–Kier alpha value is -15.4. The van der Waals surface area contributed by atoms with Crippen molar-refractivity contribution in [2.24, 2.45) is 0 Å². The summed E-state index contributed by atoms with van der Waals surface area (Å²) in [4.78, 5) is 141. The Morgan fingerprint density at radius 2 is 0.669 bits per heavy atom. The Bertz CT molecular complexity index is 6390. The van der Waals surface area contributed by atoms with Crippen LogP contribution in [0.4, 0.5) is 77.5 Å². The lowest BCUT2D eigenvalue weighted by Gasteiger charge is -2.35. The van der Waals surface area contributed by atoms with Gasteiger partial charge in [-0.2, -0.15) is 20.4 Å². The number of hydrogen-bond donors (Lipinski definition) is 11. The number of rotatable bonds is 26. The van der Waals surface area contributed by atoms with Crippen LogP contribution in [0.1, 0.15) is 197 Å².